The number of nitrogens with zero attached hydrogens (tertiary/aromatic N) is 1. The number of pyridine rings is 1. The second-order valence-electron chi connectivity index (χ2n) is 3.78. The van der Waals surface area contributed by atoms with E-state index < -0.39 is 5.79 Å². The molecule has 0 atom stereocenters. The Bertz CT molecular complexity index is 509. The summed E-state index contributed by atoms with van der Waals surface area (Å²) >= 11 is 0. The van der Waals surface area contributed by atoms with Gasteiger partial charge >= 0.3 is 0 Å². The van der Waals surface area contributed by atoms with Crippen LogP contribution in [0.15, 0.2) is 48.8 Å². The van der Waals surface area contributed by atoms with E-state index >= 15 is 0 Å². The molecule has 2 aromatic rings. The van der Waals surface area contributed by atoms with Gasteiger partial charge in [-0.05, 0) is 6.07 Å². The van der Waals surface area contributed by atoms with Crippen molar-refractivity contribution in [2.75, 3.05) is 14.2 Å². The van der Waals surface area contributed by atoms with E-state index in [0.717, 1.165) is 5.56 Å². The first-order valence-corrected chi connectivity index (χ1v) is 5.54. The van der Waals surface area contributed by atoms with Gasteiger partial charge in [0.15, 0.2) is 0 Å². The van der Waals surface area contributed by atoms with E-state index in [0.29, 0.717) is 5.56 Å². The molecule has 0 aliphatic rings. The number of benzene rings is 1. The van der Waals surface area contributed by atoms with Gasteiger partial charge in [-0.25, -0.2) is 0 Å². The molecule has 0 saturated carbocycles. The Labute approximate surface area is 106 Å². The molecule has 1 aromatic carbocycles. The standard InChI is InChI=1S/C14H15NO3/c1-17-14(18-2,11-6-4-3-5-7-11)12-8-9-15-10-13(12)16/h3-10,16H,1-2H3. The number of aromatic hydroxyl groups is 1. The van der Waals surface area contributed by atoms with Crippen molar-refractivity contribution in [3.63, 3.8) is 0 Å². The molecule has 4 heteroatoms. The quantitative estimate of drug-likeness (QED) is 0.840. The lowest BCUT2D eigenvalue weighted by Crippen LogP contribution is -2.32. The van der Waals surface area contributed by atoms with E-state index in [4.69, 9.17) is 9.47 Å². The van der Waals surface area contributed by atoms with Crippen molar-refractivity contribution < 1.29 is 14.6 Å². The van der Waals surface area contributed by atoms with Crippen LogP contribution in [0.25, 0.3) is 0 Å². The SMILES string of the molecule is COC(OC)(c1ccccc1)c1ccncc1O. The zero-order valence-corrected chi connectivity index (χ0v) is 10.3. The van der Waals surface area contributed by atoms with Crippen molar-refractivity contribution in [3.8, 4) is 5.75 Å². The Morgan fingerprint density at radius 2 is 1.72 bits per heavy atom. The minimum absolute atomic E-state index is 0.0325. The Morgan fingerprint density at radius 1 is 1.06 bits per heavy atom. The smallest absolute Gasteiger partial charge is 0.225 e. The number of methoxy groups -OCH3 is 2. The first kappa shape index (κ1) is 12.5. The van der Waals surface area contributed by atoms with Gasteiger partial charge in [-0.1, -0.05) is 30.3 Å². The summed E-state index contributed by atoms with van der Waals surface area (Å²) < 4.78 is 11.1. The average Bonchev–Trinajstić information content (AvgIpc) is 2.44. The fraction of sp³-hybridized carbons (Fsp3) is 0.214. The number of ether oxygens (including phenoxy) is 2. The Hall–Kier alpha value is -1.91. The molecule has 0 bridgehead atoms. The zero-order chi connectivity index (χ0) is 13.0. The summed E-state index contributed by atoms with van der Waals surface area (Å²) in [4.78, 5) is 3.86. The number of hydrogen-bond acceptors (Lipinski definition) is 4. The van der Waals surface area contributed by atoms with Crippen LogP contribution < -0.4 is 0 Å². The molecule has 0 unspecified atom stereocenters. The summed E-state index contributed by atoms with van der Waals surface area (Å²) in [7, 11) is 3.08. The van der Waals surface area contributed by atoms with Crippen LogP contribution in [0.1, 0.15) is 11.1 Å². The Kier molecular flexibility index (Phi) is 3.60. The molecule has 0 fully saturated rings. The summed E-state index contributed by atoms with van der Waals surface area (Å²) in [5, 5.41) is 9.95. The number of aromatic nitrogens is 1. The summed E-state index contributed by atoms with van der Waals surface area (Å²) in [6.45, 7) is 0. The van der Waals surface area contributed by atoms with Crippen molar-refractivity contribution in [2.45, 2.75) is 5.79 Å². The van der Waals surface area contributed by atoms with E-state index in [1.807, 2.05) is 30.3 Å². The lowest BCUT2D eigenvalue weighted by atomic mass is 9.97. The molecular formula is C14H15NO3. The first-order valence-electron chi connectivity index (χ1n) is 5.54. The molecule has 0 amide bonds. The monoisotopic (exact) mass is 245 g/mol. The Balaban J connectivity index is 2.62. The molecule has 4 nitrogen and oxygen atoms in total. The van der Waals surface area contributed by atoms with Crippen LogP contribution in [0.3, 0.4) is 0 Å². The van der Waals surface area contributed by atoms with Crippen molar-refractivity contribution in [1.82, 2.24) is 4.98 Å². The highest BCUT2D eigenvalue weighted by molar-refractivity contribution is 5.40. The van der Waals surface area contributed by atoms with Gasteiger partial charge in [0, 0.05) is 26.0 Å². The van der Waals surface area contributed by atoms with Crippen molar-refractivity contribution in [3.05, 3.63) is 59.9 Å². The summed E-state index contributed by atoms with van der Waals surface area (Å²) in [5.74, 6) is -1.10. The lowest BCUT2D eigenvalue weighted by Gasteiger charge is -2.32. The van der Waals surface area contributed by atoms with Crippen LogP contribution in [0.4, 0.5) is 0 Å². The molecular weight excluding hydrogens is 230 g/mol. The average molecular weight is 245 g/mol. The number of hydrogen-bond donors (Lipinski definition) is 1. The van der Waals surface area contributed by atoms with Crippen LogP contribution in [0, 0.1) is 0 Å². The lowest BCUT2D eigenvalue weighted by molar-refractivity contribution is -0.184. The maximum Gasteiger partial charge on any atom is 0.225 e. The first-order chi connectivity index (χ1) is 8.74. The van der Waals surface area contributed by atoms with Crippen molar-refractivity contribution in [2.24, 2.45) is 0 Å². The van der Waals surface area contributed by atoms with Gasteiger partial charge < -0.3 is 14.6 Å². The van der Waals surface area contributed by atoms with Gasteiger partial charge in [-0.3, -0.25) is 4.98 Å². The maximum atomic E-state index is 9.95. The van der Waals surface area contributed by atoms with Gasteiger partial charge in [-0.15, -0.1) is 0 Å². The van der Waals surface area contributed by atoms with Gasteiger partial charge in [-0.2, -0.15) is 0 Å². The largest absolute Gasteiger partial charge is 0.506 e. The Morgan fingerprint density at radius 3 is 2.28 bits per heavy atom. The molecule has 18 heavy (non-hydrogen) atoms. The van der Waals surface area contributed by atoms with Crippen LogP contribution in [0.5, 0.6) is 5.75 Å². The van der Waals surface area contributed by atoms with E-state index in [1.54, 1.807) is 12.3 Å². The van der Waals surface area contributed by atoms with E-state index in [2.05, 4.69) is 4.98 Å². The van der Waals surface area contributed by atoms with E-state index in [-0.39, 0.29) is 5.75 Å². The van der Waals surface area contributed by atoms with Gasteiger partial charge in [0.25, 0.3) is 0 Å². The fourth-order valence-corrected chi connectivity index (χ4v) is 2.02. The normalized spacial score (nSPS) is 11.4. The van der Waals surface area contributed by atoms with Crippen LogP contribution in [0.2, 0.25) is 0 Å². The summed E-state index contributed by atoms with van der Waals surface area (Å²) in [6.07, 6.45) is 2.95. The van der Waals surface area contributed by atoms with Crippen LogP contribution >= 0.6 is 0 Å². The number of rotatable bonds is 4. The predicted octanol–water partition coefficient (Wildman–Crippen LogP) is 2.28. The third-order valence-corrected chi connectivity index (χ3v) is 2.88. The maximum absolute atomic E-state index is 9.95. The van der Waals surface area contributed by atoms with E-state index in [9.17, 15) is 5.11 Å². The molecule has 1 aromatic heterocycles. The minimum Gasteiger partial charge on any atom is -0.506 e. The highest BCUT2D eigenvalue weighted by Crippen LogP contribution is 2.37. The second kappa shape index (κ2) is 5.16. The summed E-state index contributed by atoms with van der Waals surface area (Å²) in [6, 6.07) is 11.1. The fourth-order valence-electron chi connectivity index (χ4n) is 2.02. The molecule has 0 radical (unpaired) electrons. The second-order valence-corrected chi connectivity index (χ2v) is 3.78. The molecule has 94 valence electrons. The molecule has 2 rings (SSSR count). The highest BCUT2D eigenvalue weighted by atomic mass is 16.7. The molecule has 0 aliphatic carbocycles. The summed E-state index contributed by atoms with van der Waals surface area (Å²) in [5.41, 5.74) is 1.32. The van der Waals surface area contributed by atoms with Crippen molar-refractivity contribution in [1.29, 1.82) is 0 Å². The third kappa shape index (κ3) is 1.96. The minimum atomic E-state index is -1.13. The van der Waals surface area contributed by atoms with E-state index in [1.165, 1.54) is 20.4 Å². The van der Waals surface area contributed by atoms with Crippen molar-refractivity contribution >= 4 is 0 Å². The third-order valence-electron chi connectivity index (χ3n) is 2.88. The highest BCUT2D eigenvalue weighted by Gasteiger charge is 2.36. The molecule has 0 aliphatic heterocycles. The van der Waals surface area contributed by atoms with Gasteiger partial charge in [0.1, 0.15) is 5.75 Å². The molecule has 0 saturated heterocycles. The van der Waals surface area contributed by atoms with Crippen LogP contribution in [-0.2, 0) is 15.3 Å². The molecule has 1 N–H and O–H groups in total. The zero-order valence-electron chi connectivity index (χ0n) is 10.3. The molecule has 1 heterocycles. The topological polar surface area (TPSA) is 51.6 Å². The van der Waals surface area contributed by atoms with Crippen LogP contribution in [-0.4, -0.2) is 24.3 Å². The van der Waals surface area contributed by atoms with Gasteiger partial charge in [0.05, 0.1) is 11.8 Å². The molecule has 0 spiro atoms. The van der Waals surface area contributed by atoms with Gasteiger partial charge in [0.2, 0.25) is 5.79 Å². The predicted molar refractivity (Wildman–Crippen MR) is 67.1 cm³/mol.